The highest BCUT2D eigenvalue weighted by molar-refractivity contribution is 6.07. The van der Waals surface area contributed by atoms with Crippen molar-refractivity contribution in [2.75, 3.05) is 25.5 Å². The summed E-state index contributed by atoms with van der Waals surface area (Å²) in [6, 6.07) is 9.15. The summed E-state index contributed by atoms with van der Waals surface area (Å²) in [5.41, 5.74) is 6.43. The number of rotatable bonds is 9. The Labute approximate surface area is 181 Å². The number of nitrogens with one attached hydrogen (secondary N) is 2. The van der Waals surface area contributed by atoms with Crippen molar-refractivity contribution < 1.29 is 9.47 Å². The summed E-state index contributed by atoms with van der Waals surface area (Å²) in [7, 11) is 1.72. The summed E-state index contributed by atoms with van der Waals surface area (Å²) >= 11 is 0. The lowest BCUT2D eigenvalue weighted by atomic mass is 10.2. The van der Waals surface area contributed by atoms with Crippen molar-refractivity contribution in [3.63, 3.8) is 0 Å². The van der Waals surface area contributed by atoms with E-state index < -0.39 is 0 Å². The molecule has 0 saturated carbocycles. The van der Waals surface area contributed by atoms with E-state index in [0.717, 1.165) is 10.9 Å². The molecular formula is C22H27N7O2. The minimum absolute atomic E-state index is 0.0653. The Morgan fingerprint density at radius 1 is 1.19 bits per heavy atom. The summed E-state index contributed by atoms with van der Waals surface area (Å²) in [5.74, 6) is 3.08. The Hall–Kier alpha value is -3.56. The summed E-state index contributed by atoms with van der Waals surface area (Å²) in [5, 5.41) is 7.11. The number of aliphatic imine (C=N–C) groups is 1. The number of ether oxygens (including phenoxy) is 2. The number of fused-ring (bicyclic) bond motifs is 1. The lowest BCUT2D eigenvalue weighted by molar-refractivity contribution is 0.305. The third kappa shape index (κ3) is 6.46. The highest BCUT2D eigenvalue weighted by atomic mass is 16.5. The first-order valence-corrected chi connectivity index (χ1v) is 9.96. The summed E-state index contributed by atoms with van der Waals surface area (Å²) in [6.45, 7) is 4.96. The molecule has 162 valence electrons. The zero-order chi connectivity index (χ0) is 22.1. The monoisotopic (exact) mass is 421 g/mol. The molecule has 0 bridgehead atoms. The van der Waals surface area contributed by atoms with Crippen LogP contribution in [-0.2, 0) is 0 Å². The number of nitrogens with two attached hydrogens (primary N) is 1. The second kappa shape index (κ2) is 11.0. The molecule has 0 spiro atoms. The fourth-order valence-corrected chi connectivity index (χ4v) is 2.74. The van der Waals surface area contributed by atoms with Gasteiger partial charge in [-0.05, 0) is 44.2 Å². The molecule has 0 amide bonds. The van der Waals surface area contributed by atoms with Crippen molar-refractivity contribution in [2.24, 2.45) is 10.7 Å². The van der Waals surface area contributed by atoms with E-state index in [0.29, 0.717) is 42.2 Å². The van der Waals surface area contributed by atoms with Gasteiger partial charge in [-0.2, -0.15) is 0 Å². The third-order valence-corrected chi connectivity index (χ3v) is 4.19. The molecule has 2 aromatic heterocycles. The van der Waals surface area contributed by atoms with Gasteiger partial charge < -0.3 is 20.5 Å². The van der Waals surface area contributed by atoms with Crippen LogP contribution in [0.15, 0.2) is 60.0 Å². The Morgan fingerprint density at radius 3 is 2.74 bits per heavy atom. The Morgan fingerprint density at radius 2 is 2.03 bits per heavy atom. The molecule has 9 heteroatoms. The van der Waals surface area contributed by atoms with Crippen LogP contribution in [0.25, 0.3) is 10.9 Å². The van der Waals surface area contributed by atoms with Gasteiger partial charge in [0.1, 0.15) is 36.1 Å². The zero-order valence-electron chi connectivity index (χ0n) is 17.9. The number of hydrogen-bond donors (Lipinski definition) is 3. The van der Waals surface area contributed by atoms with Gasteiger partial charge in [0, 0.05) is 25.0 Å². The smallest absolute Gasteiger partial charge is 0.219 e. The Bertz CT molecular complexity index is 1050. The Balaban J connectivity index is 1.71. The molecule has 0 aliphatic carbocycles. The lowest BCUT2D eigenvalue weighted by Crippen LogP contribution is -2.36. The fourth-order valence-electron chi connectivity index (χ4n) is 2.74. The topological polar surface area (TPSA) is 120 Å². The number of hydrogen-bond acceptors (Lipinski definition) is 8. The molecule has 0 radical (unpaired) electrons. The Kier molecular flexibility index (Phi) is 7.85. The van der Waals surface area contributed by atoms with Crippen LogP contribution in [0.4, 0.5) is 5.82 Å². The molecular weight excluding hydrogens is 394 g/mol. The highest BCUT2D eigenvalue weighted by Gasteiger charge is 2.08. The van der Waals surface area contributed by atoms with Gasteiger partial charge in [-0.15, -0.1) is 0 Å². The maximum Gasteiger partial charge on any atom is 0.219 e. The van der Waals surface area contributed by atoms with Crippen LogP contribution in [0.5, 0.6) is 17.4 Å². The van der Waals surface area contributed by atoms with E-state index in [1.54, 1.807) is 19.3 Å². The van der Waals surface area contributed by atoms with Crippen LogP contribution in [0, 0.1) is 0 Å². The van der Waals surface area contributed by atoms with E-state index in [4.69, 9.17) is 15.2 Å². The molecule has 3 rings (SSSR count). The van der Waals surface area contributed by atoms with Gasteiger partial charge in [-0.25, -0.2) is 15.0 Å². The molecule has 0 aliphatic heterocycles. The quantitative estimate of drug-likeness (QED) is 0.209. The number of anilines is 1. The molecule has 4 N–H and O–H groups in total. The van der Waals surface area contributed by atoms with Crippen LogP contribution in [0.1, 0.15) is 13.8 Å². The van der Waals surface area contributed by atoms with Gasteiger partial charge in [0.15, 0.2) is 0 Å². The van der Waals surface area contributed by atoms with Crippen molar-refractivity contribution in [3.05, 3.63) is 55.0 Å². The van der Waals surface area contributed by atoms with E-state index in [1.807, 2.05) is 50.3 Å². The largest absolute Gasteiger partial charge is 0.491 e. The van der Waals surface area contributed by atoms with Crippen molar-refractivity contribution in [1.29, 1.82) is 0 Å². The molecule has 31 heavy (non-hydrogen) atoms. The molecule has 1 unspecified atom stereocenters. The van der Waals surface area contributed by atoms with Crippen LogP contribution < -0.4 is 25.8 Å². The minimum Gasteiger partial charge on any atom is -0.491 e. The number of pyridine rings is 1. The zero-order valence-corrected chi connectivity index (χ0v) is 17.9. The van der Waals surface area contributed by atoms with Gasteiger partial charge >= 0.3 is 0 Å². The first-order valence-electron chi connectivity index (χ1n) is 9.96. The van der Waals surface area contributed by atoms with Gasteiger partial charge in [0.25, 0.3) is 0 Å². The predicted molar refractivity (Wildman–Crippen MR) is 123 cm³/mol. The number of nitrogens with zero attached hydrogens (tertiary/aromatic N) is 4. The average molecular weight is 422 g/mol. The molecule has 1 atom stereocenters. The maximum atomic E-state index is 5.91. The molecule has 0 aliphatic rings. The minimum atomic E-state index is -0.0653. The predicted octanol–water partition coefficient (Wildman–Crippen LogP) is 3.11. The normalized spacial score (nSPS) is 12.8. The third-order valence-electron chi connectivity index (χ3n) is 4.19. The molecule has 0 saturated heterocycles. The molecule has 1 aromatic carbocycles. The van der Waals surface area contributed by atoms with E-state index in [2.05, 4.69) is 30.6 Å². The van der Waals surface area contributed by atoms with Crippen LogP contribution in [0.3, 0.4) is 0 Å². The molecule has 3 aromatic rings. The van der Waals surface area contributed by atoms with E-state index >= 15 is 0 Å². The number of aromatic nitrogens is 3. The number of amidine groups is 1. The van der Waals surface area contributed by atoms with Crippen molar-refractivity contribution in [3.8, 4) is 17.4 Å². The highest BCUT2D eigenvalue weighted by Crippen LogP contribution is 2.27. The second-order valence-corrected chi connectivity index (χ2v) is 6.66. The number of benzene rings is 1. The first kappa shape index (κ1) is 22.1. The number of allylic oxidation sites excluding steroid dienone is 1. The van der Waals surface area contributed by atoms with E-state index in [-0.39, 0.29) is 6.17 Å². The SMILES string of the molecule is C/C=C\C(=NC)Nc1ncnc2ccc(Oc3ccc(OCCNC(C)N)cn3)cc12. The van der Waals surface area contributed by atoms with Gasteiger partial charge in [0.05, 0.1) is 17.9 Å². The van der Waals surface area contributed by atoms with Gasteiger partial charge in [0.2, 0.25) is 5.88 Å². The average Bonchev–Trinajstić information content (AvgIpc) is 2.77. The first-order chi connectivity index (χ1) is 15.1. The van der Waals surface area contributed by atoms with E-state index in [9.17, 15) is 0 Å². The summed E-state index contributed by atoms with van der Waals surface area (Å²) in [4.78, 5) is 17.2. The van der Waals surface area contributed by atoms with E-state index in [1.165, 1.54) is 6.33 Å². The standard InChI is InChI=1S/C22H27N7O2/c1-4-5-20(24-3)29-22-18-12-16(6-8-19(18)27-14-28-22)31-21-9-7-17(13-26-21)30-11-10-25-15(2)23/h4-9,12-15,25H,10-11,23H2,1-3H3,(H,24,27,28,29)/b5-4-. The maximum absolute atomic E-state index is 5.91. The van der Waals surface area contributed by atoms with Crippen molar-refractivity contribution >= 4 is 22.6 Å². The van der Waals surface area contributed by atoms with Crippen LogP contribution in [0.2, 0.25) is 0 Å². The van der Waals surface area contributed by atoms with Gasteiger partial charge in [-0.3, -0.25) is 10.3 Å². The summed E-state index contributed by atoms with van der Waals surface area (Å²) < 4.78 is 11.5. The van der Waals surface area contributed by atoms with Crippen molar-refractivity contribution in [1.82, 2.24) is 20.3 Å². The van der Waals surface area contributed by atoms with Crippen LogP contribution >= 0.6 is 0 Å². The summed E-state index contributed by atoms with van der Waals surface area (Å²) in [6.07, 6.45) is 6.85. The lowest BCUT2D eigenvalue weighted by Gasteiger charge is -2.11. The molecule has 9 nitrogen and oxygen atoms in total. The second-order valence-electron chi connectivity index (χ2n) is 6.66. The van der Waals surface area contributed by atoms with Crippen LogP contribution in [-0.4, -0.2) is 47.2 Å². The van der Waals surface area contributed by atoms with Gasteiger partial charge in [-0.1, -0.05) is 6.08 Å². The van der Waals surface area contributed by atoms with Crippen molar-refractivity contribution in [2.45, 2.75) is 20.0 Å². The molecule has 2 heterocycles. The fraction of sp³-hybridized carbons (Fsp3) is 0.273. The molecule has 0 fully saturated rings.